The van der Waals surface area contributed by atoms with Crippen LogP contribution < -0.4 is 5.73 Å². The second-order valence-corrected chi connectivity index (χ2v) is 6.81. The van der Waals surface area contributed by atoms with Crippen LogP contribution in [0.2, 0.25) is 0 Å². The summed E-state index contributed by atoms with van der Waals surface area (Å²) in [6.45, 7) is 4.26. The van der Waals surface area contributed by atoms with Crippen LogP contribution in [0.1, 0.15) is 52.4 Å². The van der Waals surface area contributed by atoms with Crippen LogP contribution in [0, 0.1) is 23.2 Å². The Morgan fingerprint density at radius 1 is 1.06 bits per heavy atom. The van der Waals surface area contributed by atoms with E-state index in [1.807, 2.05) is 0 Å². The van der Waals surface area contributed by atoms with E-state index in [1.165, 1.54) is 38.5 Å². The second-order valence-electron chi connectivity index (χ2n) is 6.81. The van der Waals surface area contributed by atoms with E-state index in [0.29, 0.717) is 11.5 Å². The van der Waals surface area contributed by atoms with Gasteiger partial charge in [-0.25, -0.2) is 0 Å². The lowest BCUT2D eigenvalue weighted by Gasteiger charge is -2.56. The number of rotatable bonds is 2. The highest BCUT2D eigenvalue weighted by molar-refractivity contribution is 5.87. The van der Waals surface area contributed by atoms with Crippen molar-refractivity contribution in [3.63, 3.8) is 0 Å². The minimum atomic E-state index is 0.318. The highest BCUT2D eigenvalue weighted by Crippen LogP contribution is 2.60. The summed E-state index contributed by atoms with van der Waals surface area (Å²) in [5, 5.41) is 0. The van der Waals surface area contributed by atoms with Crippen LogP contribution in [0.5, 0.6) is 0 Å². The summed E-state index contributed by atoms with van der Waals surface area (Å²) in [4.78, 5) is 4.66. The lowest BCUT2D eigenvalue weighted by Crippen LogP contribution is -2.52. The number of hydrogen-bond acceptors (Lipinski definition) is 1. The lowest BCUT2D eigenvalue weighted by atomic mass is 9.49. The molecule has 0 aromatic rings. The molecular formula is C14H24N2. The number of aliphatic imine (C=N–C) groups is 1. The average Bonchev–Trinajstić information content (AvgIpc) is 2.13. The molecule has 0 amide bonds. The molecule has 4 saturated carbocycles. The predicted molar refractivity (Wildman–Crippen MR) is 67.4 cm³/mol. The molecule has 4 aliphatic rings. The predicted octanol–water partition coefficient (Wildman–Crippen LogP) is 2.97. The molecule has 0 aliphatic heterocycles. The fraction of sp³-hybridized carbons (Fsp3) is 0.929. The van der Waals surface area contributed by atoms with E-state index < -0.39 is 0 Å². The molecule has 16 heavy (non-hydrogen) atoms. The average molecular weight is 220 g/mol. The number of hydrogen-bond donors (Lipinski definition) is 1. The van der Waals surface area contributed by atoms with E-state index >= 15 is 0 Å². The zero-order valence-corrected chi connectivity index (χ0v) is 10.6. The molecule has 4 bridgehead atoms. The molecule has 90 valence electrons. The first-order chi connectivity index (χ1) is 7.57. The van der Waals surface area contributed by atoms with Crippen LogP contribution in [0.25, 0.3) is 0 Å². The number of amidine groups is 1. The van der Waals surface area contributed by atoms with E-state index in [2.05, 4.69) is 18.8 Å². The molecule has 4 fully saturated rings. The van der Waals surface area contributed by atoms with Crippen LogP contribution in [0.4, 0.5) is 0 Å². The van der Waals surface area contributed by atoms with E-state index in [1.54, 1.807) is 0 Å². The first-order valence-corrected chi connectivity index (χ1v) is 6.91. The molecule has 2 nitrogen and oxygen atoms in total. The highest BCUT2D eigenvalue weighted by Gasteiger charge is 2.52. The van der Waals surface area contributed by atoms with E-state index in [0.717, 1.165) is 23.6 Å². The first kappa shape index (κ1) is 10.6. The zero-order valence-electron chi connectivity index (χ0n) is 10.6. The van der Waals surface area contributed by atoms with Gasteiger partial charge in [0.2, 0.25) is 0 Å². The fourth-order valence-electron chi connectivity index (χ4n) is 4.84. The zero-order chi connectivity index (χ0) is 11.3. The standard InChI is InChI=1S/C14H24N2/c1-9(2)16-13(15)14-6-10-3-11(7-14)5-12(4-10)8-14/h9-12H,3-8H2,1-2H3,(H2,15,16). The quantitative estimate of drug-likeness (QED) is 0.564. The lowest BCUT2D eigenvalue weighted by molar-refractivity contribution is -0.0131. The summed E-state index contributed by atoms with van der Waals surface area (Å²) >= 11 is 0. The molecule has 4 rings (SSSR count). The van der Waals surface area contributed by atoms with Crippen molar-refractivity contribution in [2.24, 2.45) is 33.9 Å². The van der Waals surface area contributed by atoms with Gasteiger partial charge < -0.3 is 5.73 Å². The molecule has 0 aromatic carbocycles. The first-order valence-electron chi connectivity index (χ1n) is 6.91. The minimum absolute atomic E-state index is 0.318. The summed E-state index contributed by atoms with van der Waals surface area (Å²) < 4.78 is 0. The molecule has 0 spiro atoms. The molecule has 0 radical (unpaired) electrons. The van der Waals surface area contributed by atoms with Crippen LogP contribution in [0.3, 0.4) is 0 Å². The second kappa shape index (κ2) is 3.48. The van der Waals surface area contributed by atoms with Crippen LogP contribution in [-0.2, 0) is 0 Å². The van der Waals surface area contributed by atoms with Crippen molar-refractivity contribution in [2.45, 2.75) is 58.4 Å². The summed E-state index contributed by atoms with van der Waals surface area (Å²) in [6.07, 6.45) is 8.44. The third kappa shape index (κ3) is 1.57. The largest absolute Gasteiger partial charge is 0.387 e. The molecule has 4 aliphatic carbocycles. The molecule has 0 heterocycles. The van der Waals surface area contributed by atoms with Crippen molar-refractivity contribution < 1.29 is 0 Å². The molecule has 2 N–H and O–H groups in total. The van der Waals surface area contributed by atoms with Crippen molar-refractivity contribution in [1.29, 1.82) is 0 Å². The number of nitrogens with two attached hydrogens (primary N) is 1. The maximum absolute atomic E-state index is 6.32. The third-order valence-electron chi connectivity index (χ3n) is 4.98. The van der Waals surface area contributed by atoms with Gasteiger partial charge in [0.05, 0.1) is 0 Å². The van der Waals surface area contributed by atoms with Crippen LogP contribution in [-0.4, -0.2) is 11.9 Å². The summed E-state index contributed by atoms with van der Waals surface area (Å²) in [5.74, 6) is 3.88. The topological polar surface area (TPSA) is 38.4 Å². The fourth-order valence-corrected chi connectivity index (χ4v) is 4.84. The Morgan fingerprint density at radius 2 is 1.50 bits per heavy atom. The summed E-state index contributed by atoms with van der Waals surface area (Å²) in [7, 11) is 0. The van der Waals surface area contributed by atoms with Crippen molar-refractivity contribution in [3.05, 3.63) is 0 Å². The third-order valence-corrected chi connectivity index (χ3v) is 4.98. The molecule has 0 atom stereocenters. The molecule has 2 heteroatoms. The summed E-state index contributed by atoms with van der Waals surface area (Å²) in [6, 6.07) is 0.355. The van der Waals surface area contributed by atoms with Crippen molar-refractivity contribution >= 4 is 5.84 Å². The minimum Gasteiger partial charge on any atom is -0.387 e. The Kier molecular flexibility index (Phi) is 2.31. The molecule has 0 aromatic heterocycles. The normalized spacial score (nSPS) is 46.7. The Hall–Kier alpha value is -0.530. The SMILES string of the molecule is CC(C)N=C(N)C12CC3CC(CC(C3)C1)C2. The van der Waals surface area contributed by atoms with E-state index in [-0.39, 0.29) is 0 Å². The Morgan fingerprint density at radius 3 is 1.88 bits per heavy atom. The van der Waals surface area contributed by atoms with Gasteiger partial charge in [0.1, 0.15) is 5.84 Å². The number of nitrogens with zero attached hydrogens (tertiary/aromatic N) is 1. The van der Waals surface area contributed by atoms with Gasteiger partial charge in [-0.15, -0.1) is 0 Å². The molecule has 0 unspecified atom stereocenters. The van der Waals surface area contributed by atoms with E-state index in [4.69, 9.17) is 5.73 Å². The van der Waals surface area contributed by atoms with E-state index in [9.17, 15) is 0 Å². The van der Waals surface area contributed by atoms with Gasteiger partial charge >= 0.3 is 0 Å². The Labute approximate surface area is 98.7 Å². The van der Waals surface area contributed by atoms with Gasteiger partial charge in [0.15, 0.2) is 0 Å². The monoisotopic (exact) mass is 220 g/mol. The molecule has 0 saturated heterocycles. The Bertz CT molecular complexity index is 281. The van der Waals surface area contributed by atoms with Gasteiger partial charge in [0.25, 0.3) is 0 Å². The van der Waals surface area contributed by atoms with Crippen LogP contribution >= 0.6 is 0 Å². The highest BCUT2D eigenvalue weighted by atomic mass is 14.9. The van der Waals surface area contributed by atoms with Gasteiger partial charge in [0, 0.05) is 11.5 Å². The van der Waals surface area contributed by atoms with Crippen molar-refractivity contribution in [2.75, 3.05) is 0 Å². The van der Waals surface area contributed by atoms with Gasteiger partial charge in [-0.1, -0.05) is 0 Å². The molecular weight excluding hydrogens is 196 g/mol. The van der Waals surface area contributed by atoms with Gasteiger partial charge in [-0.3, -0.25) is 4.99 Å². The Balaban J connectivity index is 1.88. The maximum Gasteiger partial charge on any atom is 0.100 e. The van der Waals surface area contributed by atoms with Gasteiger partial charge in [-0.05, 0) is 70.1 Å². The van der Waals surface area contributed by atoms with Crippen molar-refractivity contribution in [3.8, 4) is 0 Å². The maximum atomic E-state index is 6.32. The van der Waals surface area contributed by atoms with Crippen LogP contribution in [0.15, 0.2) is 4.99 Å². The van der Waals surface area contributed by atoms with Crippen molar-refractivity contribution in [1.82, 2.24) is 0 Å². The summed E-state index contributed by atoms with van der Waals surface area (Å²) in [5.41, 5.74) is 6.64. The smallest absolute Gasteiger partial charge is 0.100 e. The van der Waals surface area contributed by atoms with Gasteiger partial charge in [-0.2, -0.15) is 0 Å².